The number of aromatic nitrogens is 1. The molecule has 1 aromatic carbocycles. The highest BCUT2D eigenvalue weighted by Gasteiger charge is 2.49. The molecule has 3 rings (SSSR count). The van der Waals surface area contributed by atoms with Crippen LogP contribution in [0.4, 0.5) is 11.5 Å². The van der Waals surface area contributed by atoms with Crippen LogP contribution >= 0.6 is 11.8 Å². The smallest absolute Gasteiger partial charge is 0.253 e. The molecule has 1 aliphatic heterocycles. The number of fused-ring (bicyclic) bond motifs is 1. The normalized spacial score (nSPS) is 20.3. The fourth-order valence-corrected chi connectivity index (χ4v) is 3.85. The van der Waals surface area contributed by atoms with Crippen LogP contribution in [0.15, 0.2) is 48.7 Å². The van der Waals surface area contributed by atoms with Gasteiger partial charge in [-0.2, -0.15) is 0 Å². The van der Waals surface area contributed by atoms with Crippen LogP contribution in [0.5, 0.6) is 0 Å². The number of carbonyl (C=O) groups is 1. The van der Waals surface area contributed by atoms with Crippen molar-refractivity contribution in [1.29, 1.82) is 0 Å². The molecule has 2 heterocycles. The lowest BCUT2D eigenvalue weighted by molar-refractivity contribution is -0.119. The second-order valence-electron chi connectivity index (χ2n) is 5.23. The summed E-state index contributed by atoms with van der Waals surface area (Å²) < 4.78 is 4.49. The molecule has 0 spiro atoms. The molecule has 114 valence electrons. The highest BCUT2D eigenvalue weighted by Crippen LogP contribution is 2.49. The first-order chi connectivity index (χ1) is 10.7. The summed E-state index contributed by atoms with van der Waals surface area (Å²) in [6, 6.07) is 13.5. The number of nitrogens with zero attached hydrogens (tertiary/aromatic N) is 2. The van der Waals surface area contributed by atoms with Gasteiger partial charge in [0.25, 0.3) is 5.91 Å². The van der Waals surface area contributed by atoms with Crippen molar-refractivity contribution in [2.45, 2.75) is 11.7 Å². The van der Waals surface area contributed by atoms with Crippen molar-refractivity contribution in [2.75, 3.05) is 24.4 Å². The number of pyridine rings is 1. The molecule has 0 N–H and O–H groups in total. The van der Waals surface area contributed by atoms with Crippen LogP contribution in [-0.2, 0) is 14.3 Å². The van der Waals surface area contributed by atoms with Gasteiger partial charge in [0.05, 0.1) is 12.3 Å². The third kappa shape index (κ3) is 2.40. The van der Waals surface area contributed by atoms with Gasteiger partial charge >= 0.3 is 0 Å². The van der Waals surface area contributed by atoms with E-state index in [1.54, 1.807) is 30.0 Å². The fraction of sp³-hybridized carbons (Fsp3) is 0.294. The van der Waals surface area contributed by atoms with E-state index in [4.69, 9.17) is 4.74 Å². The lowest BCUT2D eigenvalue weighted by Gasteiger charge is -2.23. The number of rotatable bonds is 5. The van der Waals surface area contributed by atoms with Crippen LogP contribution in [0.3, 0.4) is 0 Å². The summed E-state index contributed by atoms with van der Waals surface area (Å²) in [5, 5.41) is 0. The maximum absolute atomic E-state index is 13.1. The van der Waals surface area contributed by atoms with E-state index in [9.17, 15) is 4.79 Å². The number of hydrogen-bond donors (Lipinski definition) is 0. The Balaban J connectivity index is 2.03. The van der Waals surface area contributed by atoms with Crippen LogP contribution in [-0.4, -0.2) is 30.4 Å². The zero-order valence-corrected chi connectivity index (χ0v) is 13.5. The van der Waals surface area contributed by atoms with Crippen LogP contribution in [0.25, 0.3) is 0 Å². The van der Waals surface area contributed by atoms with E-state index in [1.807, 2.05) is 49.4 Å². The molecule has 0 fully saturated rings. The molecule has 22 heavy (non-hydrogen) atoms. The predicted octanol–water partition coefficient (Wildman–Crippen LogP) is 3.35. The summed E-state index contributed by atoms with van der Waals surface area (Å²) in [4.78, 5) is 19.3. The number of ether oxygens (including phenoxy) is 1. The third-order valence-corrected chi connectivity index (χ3v) is 5.16. The number of para-hydroxylation sites is 1. The Morgan fingerprint density at radius 3 is 2.73 bits per heavy atom. The third-order valence-electron chi connectivity index (χ3n) is 3.82. The summed E-state index contributed by atoms with van der Waals surface area (Å²) >= 11 is 1.60. The molecular formula is C17H18N2O2S. The lowest BCUT2D eigenvalue weighted by Crippen LogP contribution is -2.33. The van der Waals surface area contributed by atoms with Crippen molar-refractivity contribution < 1.29 is 9.53 Å². The number of anilines is 2. The minimum atomic E-state index is -0.627. The van der Waals surface area contributed by atoms with E-state index in [0.717, 1.165) is 22.8 Å². The van der Waals surface area contributed by atoms with Gasteiger partial charge in [-0.15, -0.1) is 11.8 Å². The number of methoxy groups -OCH3 is 1. The molecule has 1 atom stereocenters. The number of hydrogen-bond acceptors (Lipinski definition) is 4. The first kappa shape index (κ1) is 15.1. The Morgan fingerprint density at radius 2 is 2.00 bits per heavy atom. The Bertz CT molecular complexity index is 677. The monoisotopic (exact) mass is 314 g/mol. The first-order valence-corrected chi connectivity index (χ1v) is 8.15. The van der Waals surface area contributed by atoms with E-state index in [2.05, 4.69) is 4.98 Å². The van der Waals surface area contributed by atoms with Crippen molar-refractivity contribution in [1.82, 2.24) is 4.98 Å². The Morgan fingerprint density at radius 1 is 1.23 bits per heavy atom. The second-order valence-corrected chi connectivity index (χ2v) is 6.74. The van der Waals surface area contributed by atoms with Crippen molar-refractivity contribution in [3.8, 4) is 0 Å². The fourth-order valence-electron chi connectivity index (χ4n) is 2.66. The standard InChI is InChI=1S/C17H18N2O2S/c1-17(22-12-11-21-2)14-9-6-10-18-15(14)19(16(17)20)13-7-4-3-5-8-13/h3-10H,11-12H2,1-2H3/t17-/m0/s1. The lowest BCUT2D eigenvalue weighted by atomic mass is 10.0. The molecule has 0 bridgehead atoms. The number of amides is 1. The minimum absolute atomic E-state index is 0.0495. The average molecular weight is 314 g/mol. The topological polar surface area (TPSA) is 42.4 Å². The summed E-state index contributed by atoms with van der Waals surface area (Å²) in [5.74, 6) is 1.54. The van der Waals surface area contributed by atoms with E-state index < -0.39 is 4.75 Å². The summed E-state index contributed by atoms with van der Waals surface area (Å²) in [5.41, 5.74) is 1.81. The molecule has 5 heteroatoms. The molecule has 1 amide bonds. The molecule has 4 nitrogen and oxygen atoms in total. The van der Waals surface area contributed by atoms with E-state index >= 15 is 0 Å². The molecule has 0 saturated heterocycles. The van der Waals surface area contributed by atoms with Crippen LogP contribution in [0.1, 0.15) is 12.5 Å². The zero-order chi connectivity index (χ0) is 15.6. The van der Waals surface area contributed by atoms with Gasteiger partial charge in [-0.3, -0.25) is 9.69 Å². The summed E-state index contributed by atoms with van der Waals surface area (Å²) in [6.45, 7) is 2.59. The Labute approximate surface area is 134 Å². The van der Waals surface area contributed by atoms with Gasteiger partial charge in [0.15, 0.2) is 0 Å². The van der Waals surface area contributed by atoms with Crippen molar-refractivity contribution in [3.05, 3.63) is 54.2 Å². The number of benzene rings is 1. The molecule has 0 unspecified atom stereocenters. The van der Waals surface area contributed by atoms with Gasteiger partial charge in [0, 0.05) is 24.6 Å². The quantitative estimate of drug-likeness (QED) is 0.794. The van der Waals surface area contributed by atoms with Gasteiger partial charge < -0.3 is 4.74 Å². The number of thioether (sulfide) groups is 1. The first-order valence-electron chi connectivity index (χ1n) is 7.16. The van der Waals surface area contributed by atoms with E-state index in [1.165, 1.54) is 0 Å². The Hall–Kier alpha value is -1.85. The molecule has 0 aliphatic carbocycles. The molecular weight excluding hydrogens is 296 g/mol. The van der Waals surface area contributed by atoms with Crippen molar-refractivity contribution in [2.24, 2.45) is 0 Å². The largest absolute Gasteiger partial charge is 0.384 e. The second kappa shape index (κ2) is 6.10. The van der Waals surface area contributed by atoms with E-state index in [0.29, 0.717) is 6.61 Å². The van der Waals surface area contributed by atoms with Crippen LogP contribution < -0.4 is 4.90 Å². The van der Waals surface area contributed by atoms with Gasteiger partial charge in [0.1, 0.15) is 10.6 Å². The van der Waals surface area contributed by atoms with Crippen molar-refractivity contribution >= 4 is 29.2 Å². The maximum atomic E-state index is 13.1. The minimum Gasteiger partial charge on any atom is -0.384 e. The zero-order valence-electron chi connectivity index (χ0n) is 12.7. The highest BCUT2D eigenvalue weighted by atomic mass is 32.2. The maximum Gasteiger partial charge on any atom is 0.253 e. The van der Waals surface area contributed by atoms with Gasteiger partial charge in [-0.1, -0.05) is 24.3 Å². The molecule has 1 aliphatic rings. The Kier molecular flexibility index (Phi) is 4.18. The average Bonchev–Trinajstić information content (AvgIpc) is 2.77. The van der Waals surface area contributed by atoms with E-state index in [-0.39, 0.29) is 5.91 Å². The SMILES string of the molecule is COCCS[C@]1(C)C(=O)N(c2ccccc2)c2ncccc21. The highest BCUT2D eigenvalue weighted by molar-refractivity contribution is 8.01. The summed E-state index contributed by atoms with van der Waals surface area (Å²) in [6.07, 6.45) is 1.73. The van der Waals surface area contributed by atoms with Gasteiger partial charge in [-0.05, 0) is 25.1 Å². The molecule has 1 aromatic heterocycles. The predicted molar refractivity (Wildman–Crippen MR) is 89.5 cm³/mol. The van der Waals surface area contributed by atoms with Gasteiger partial charge in [0.2, 0.25) is 0 Å². The summed E-state index contributed by atoms with van der Waals surface area (Å²) in [7, 11) is 1.67. The van der Waals surface area contributed by atoms with Crippen LogP contribution in [0, 0.1) is 0 Å². The van der Waals surface area contributed by atoms with Crippen LogP contribution in [0.2, 0.25) is 0 Å². The molecule has 0 radical (unpaired) electrons. The molecule has 0 saturated carbocycles. The molecule has 2 aromatic rings. The van der Waals surface area contributed by atoms with Gasteiger partial charge in [-0.25, -0.2) is 4.98 Å². The van der Waals surface area contributed by atoms with Crippen molar-refractivity contribution in [3.63, 3.8) is 0 Å². The number of carbonyl (C=O) groups excluding carboxylic acids is 1.